The van der Waals surface area contributed by atoms with Crippen molar-refractivity contribution in [2.45, 2.75) is 30.5 Å². The fourth-order valence-electron chi connectivity index (χ4n) is 6.83. The molecule has 1 atom stereocenters. The van der Waals surface area contributed by atoms with Crippen LogP contribution in [0.3, 0.4) is 0 Å². The summed E-state index contributed by atoms with van der Waals surface area (Å²) in [6, 6.07) is 31.7. The van der Waals surface area contributed by atoms with Crippen LogP contribution in [0.15, 0.2) is 120 Å². The third kappa shape index (κ3) is 5.45. The number of rotatable bonds is 8. The molecule has 0 saturated carbocycles. The number of amides is 1. The number of benzene rings is 4. The molecule has 0 radical (unpaired) electrons. The molecule has 2 aliphatic rings. The van der Waals surface area contributed by atoms with Crippen molar-refractivity contribution in [2.24, 2.45) is 4.99 Å². The molecular formula is C37H34F2N4O2. The minimum absolute atomic E-state index is 0.0267. The Morgan fingerprint density at radius 1 is 0.778 bits per heavy atom. The molecule has 2 aliphatic heterocycles. The summed E-state index contributed by atoms with van der Waals surface area (Å²) in [4.78, 5) is 23.4. The second kappa shape index (κ2) is 12.0. The van der Waals surface area contributed by atoms with Gasteiger partial charge in [0.1, 0.15) is 17.5 Å². The number of aromatic nitrogens is 1. The van der Waals surface area contributed by atoms with Gasteiger partial charge in [-0.25, -0.2) is 13.8 Å². The number of aliphatic imine (C=N–C) groups is 1. The minimum Gasteiger partial charge on any atom is -0.390 e. The zero-order chi connectivity index (χ0) is 31.0. The highest BCUT2D eigenvalue weighted by Gasteiger charge is 2.51. The van der Waals surface area contributed by atoms with E-state index >= 15 is 0 Å². The van der Waals surface area contributed by atoms with E-state index in [4.69, 9.17) is 4.99 Å². The topological polar surface area (TPSA) is 61.1 Å². The second-order valence-electron chi connectivity index (χ2n) is 11.9. The molecule has 7 rings (SSSR count). The van der Waals surface area contributed by atoms with E-state index in [1.807, 2.05) is 30.3 Å². The number of hydrogen-bond acceptors (Lipinski definition) is 4. The fraction of sp³-hybridized carbons (Fsp3) is 0.243. The number of piperidine rings is 1. The Balaban J connectivity index is 1.14. The molecule has 45 heavy (non-hydrogen) atoms. The zero-order valence-electron chi connectivity index (χ0n) is 24.8. The molecule has 0 spiro atoms. The number of nitrogens with zero attached hydrogens (tertiary/aromatic N) is 4. The Morgan fingerprint density at radius 3 is 2.02 bits per heavy atom. The van der Waals surface area contributed by atoms with Gasteiger partial charge < -0.3 is 14.6 Å². The maximum Gasteiger partial charge on any atom is 0.265 e. The van der Waals surface area contributed by atoms with Crippen molar-refractivity contribution in [3.63, 3.8) is 0 Å². The third-order valence-corrected chi connectivity index (χ3v) is 9.08. The summed E-state index contributed by atoms with van der Waals surface area (Å²) in [5, 5.41) is 12.7. The van der Waals surface area contributed by atoms with Gasteiger partial charge in [0.25, 0.3) is 5.91 Å². The monoisotopic (exact) mass is 604 g/mol. The summed E-state index contributed by atoms with van der Waals surface area (Å²) in [5.41, 5.74) is 1.31. The number of fused-ring (bicyclic) bond motifs is 1. The lowest BCUT2D eigenvalue weighted by molar-refractivity contribution is -0.131. The lowest BCUT2D eigenvalue weighted by Crippen LogP contribution is -2.48. The number of carbonyl (C=O) groups is 1. The van der Waals surface area contributed by atoms with Crippen LogP contribution in [0, 0.1) is 11.6 Å². The van der Waals surface area contributed by atoms with E-state index < -0.39 is 23.3 Å². The molecule has 0 bridgehead atoms. The highest BCUT2D eigenvalue weighted by atomic mass is 19.1. The van der Waals surface area contributed by atoms with Crippen LogP contribution in [-0.2, 0) is 10.3 Å². The number of aliphatic hydroxyl groups is 1. The maximum absolute atomic E-state index is 14.6. The van der Waals surface area contributed by atoms with E-state index in [9.17, 15) is 18.7 Å². The highest BCUT2D eigenvalue weighted by molar-refractivity contribution is 6.16. The number of amidine groups is 1. The predicted octanol–water partition coefficient (Wildman–Crippen LogP) is 6.15. The molecule has 5 aromatic rings. The summed E-state index contributed by atoms with van der Waals surface area (Å²) in [6.07, 6.45) is 3.24. The van der Waals surface area contributed by atoms with E-state index in [1.165, 1.54) is 40.1 Å². The van der Waals surface area contributed by atoms with Crippen LogP contribution in [0.4, 0.5) is 8.78 Å². The lowest BCUT2D eigenvalue weighted by atomic mass is 9.82. The van der Waals surface area contributed by atoms with Crippen molar-refractivity contribution in [3.05, 3.63) is 144 Å². The van der Waals surface area contributed by atoms with Gasteiger partial charge in [-0.3, -0.25) is 9.69 Å². The van der Waals surface area contributed by atoms with Crippen molar-refractivity contribution in [2.75, 3.05) is 26.2 Å². The Kier molecular flexibility index (Phi) is 7.77. The fourth-order valence-corrected chi connectivity index (χ4v) is 6.83. The first kappa shape index (κ1) is 29.1. The molecule has 8 heteroatoms. The molecular weight excluding hydrogens is 570 g/mol. The number of hydrogen-bond donors (Lipinski definition) is 1. The molecule has 1 N–H and O–H groups in total. The minimum atomic E-state index is -1.57. The Labute approximate surface area is 260 Å². The molecule has 1 aromatic heterocycles. The molecule has 3 heterocycles. The van der Waals surface area contributed by atoms with Crippen LogP contribution in [0.25, 0.3) is 10.9 Å². The van der Waals surface area contributed by atoms with Crippen molar-refractivity contribution < 1.29 is 18.7 Å². The highest BCUT2D eigenvalue weighted by Crippen LogP contribution is 2.41. The van der Waals surface area contributed by atoms with E-state index in [0.717, 1.165) is 25.9 Å². The molecule has 6 nitrogen and oxygen atoms in total. The molecule has 1 fully saturated rings. The van der Waals surface area contributed by atoms with Gasteiger partial charge in [-0.2, -0.15) is 0 Å². The van der Waals surface area contributed by atoms with Gasteiger partial charge in [-0.15, -0.1) is 0 Å². The number of carbonyl (C=O) groups excluding carboxylic acids is 1. The number of β-amino-alcohol motifs (C(OH)–C–C–N with tert-alkyl or cyclic N) is 1. The Bertz CT molecular complexity index is 1780. The van der Waals surface area contributed by atoms with Crippen LogP contribution < -0.4 is 0 Å². The van der Waals surface area contributed by atoms with Crippen molar-refractivity contribution >= 4 is 22.6 Å². The summed E-state index contributed by atoms with van der Waals surface area (Å²) in [5.74, 6) is -0.846. The van der Waals surface area contributed by atoms with Crippen LogP contribution in [0.5, 0.6) is 0 Å². The molecule has 1 unspecified atom stereocenters. The van der Waals surface area contributed by atoms with Gasteiger partial charge in [0.15, 0.2) is 5.54 Å². The van der Waals surface area contributed by atoms with Crippen molar-refractivity contribution in [1.29, 1.82) is 0 Å². The van der Waals surface area contributed by atoms with Gasteiger partial charge in [-0.1, -0.05) is 72.8 Å². The number of halogens is 2. The van der Waals surface area contributed by atoms with Crippen LogP contribution in [0.2, 0.25) is 0 Å². The number of likely N-dealkylation sites (tertiary alicyclic amines) is 1. The second-order valence-corrected chi connectivity index (χ2v) is 11.9. The van der Waals surface area contributed by atoms with Gasteiger partial charge in [0, 0.05) is 43.0 Å². The molecule has 228 valence electrons. The smallest absolute Gasteiger partial charge is 0.265 e. The maximum atomic E-state index is 14.6. The Hall–Kier alpha value is -4.66. The first-order chi connectivity index (χ1) is 21.9. The average Bonchev–Trinajstić information content (AvgIpc) is 3.62. The summed E-state index contributed by atoms with van der Waals surface area (Å²) in [6.45, 7) is 2.10. The molecule has 1 saturated heterocycles. The first-order valence-corrected chi connectivity index (χ1v) is 15.4. The predicted molar refractivity (Wildman–Crippen MR) is 171 cm³/mol. The third-order valence-electron chi connectivity index (χ3n) is 9.08. The Morgan fingerprint density at radius 2 is 1.38 bits per heavy atom. The van der Waals surface area contributed by atoms with Gasteiger partial charge in [0.05, 0.1) is 12.6 Å². The summed E-state index contributed by atoms with van der Waals surface area (Å²) in [7, 11) is 0. The zero-order valence-corrected chi connectivity index (χ0v) is 24.8. The van der Waals surface area contributed by atoms with Crippen molar-refractivity contribution in [1.82, 2.24) is 14.4 Å². The van der Waals surface area contributed by atoms with E-state index in [1.54, 1.807) is 24.3 Å². The van der Waals surface area contributed by atoms with Gasteiger partial charge in [0.2, 0.25) is 0 Å². The summed E-state index contributed by atoms with van der Waals surface area (Å²) >= 11 is 0. The van der Waals surface area contributed by atoms with Crippen LogP contribution in [0.1, 0.15) is 35.6 Å². The number of para-hydroxylation sites is 1. The normalized spacial score (nSPS) is 18.0. The summed E-state index contributed by atoms with van der Waals surface area (Å²) < 4.78 is 30.4. The van der Waals surface area contributed by atoms with E-state index in [0.29, 0.717) is 35.1 Å². The van der Waals surface area contributed by atoms with Crippen molar-refractivity contribution in [3.8, 4) is 0 Å². The molecule has 0 aliphatic carbocycles. The van der Waals surface area contributed by atoms with Gasteiger partial charge >= 0.3 is 0 Å². The SMILES string of the molecule is O=C1N(CC(O)CN2CCC(n3ccc4ccccc43)CC2)C(c2ccccc2)=NC1(c1ccc(F)cc1)c1ccc(F)cc1. The van der Waals surface area contributed by atoms with Gasteiger partial charge in [-0.05, 0) is 65.8 Å². The number of aliphatic hydroxyl groups excluding tert-OH is 1. The first-order valence-electron chi connectivity index (χ1n) is 15.4. The quantitative estimate of drug-likeness (QED) is 0.231. The molecule has 4 aromatic carbocycles. The van der Waals surface area contributed by atoms with E-state index in [-0.39, 0.29) is 12.5 Å². The largest absolute Gasteiger partial charge is 0.390 e. The lowest BCUT2D eigenvalue weighted by Gasteiger charge is -2.35. The van der Waals surface area contributed by atoms with Crippen LogP contribution in [-0.4, -0.2) is 63.5 Å². The average molecular weight is 605 g/mol. The standard InChI is InChI=1S/C37H34F2N4O2/c38-30-14-10-28(11-15-30)37(29-12-16-31(39)17-13-29)36(45)43(35(40-37)27-7-2-1-3-8-27)25-33(44)24-41-21-19-32(20-22-41)42-23-18-26-6-4-5-9-34(26)42/h1-18,23,32-33,44H,19-22,24-25H2. The van der Waals surface area contributed by atoms with E-state index in [2.05, 4.69) is 46.0 Å². The van der Waals surface area contributed by atoms with Crippen LogP contribution >= 0.6 is 0 Å². The molecule has 1 amide bonds.